The highest BCUT2D eigenvalue weighted by Gasteiger charge is 2.29. The van der Waals surface area contributed by atoms with Gasteiger partial charge in [-0.2, -0.15) is 0 Å². The molecule has 0 saturated carbocycles. The number of hydrogen-bond acceptors (Lipinski definition) is 3. The van der Waals surface area contributed by atoms with Crippen molar-refractivity contribution >= 4 is 58.4 Å². The Labute approximate surface area is 210 Å². The fourth-order valence-electron chi connectivity index (χ4n) is 3.14. The van der Waals surface area contributed by atoms with Crippen LogP contribution in [0.5, 0.6) is 0 Å². The zero-order valence-corrected chi connectivity index (χ0v) is 21.6. The van der Waals surface area contributed by atoms with Gasteiger partial charge in [-0.15, -0.1) is 11.8 Å². The van der Waals surface area contributed by atoms with E-state index in [9.17, 15) is 9.59 Å². The van der Waals surface area contributed by atoms with Crippen molar-refractivity contribution in [1.29, 1.82) is 0 Å². The summed E-state index contributed by atoms with van der Waals surface area (Å²) in [6.07, 6.45) is 0.500. The maximum atomic E-state index is 13.3. The minimum Gasteiger partial charge on any atom is -0.354 e. The normalized spacial score (nSPS) is 12.0. The van der Waals surface area contributed by atoms with Crippen molar-refractivity contribution in [2.75, 3.05) is 12.3 Å². The smallest absolute Gasteiger partial charge is 0.242 e. The summed E-state index contributed by atoms with van der Waals surface area (Å²) in [6.45, 7) is 6.76. The second-order valence-electron chi connectivity index (χ2n) is 7.94. The number of benzene rings is 2. The van der Waals surface area contributed by atoms with Gasteiger partial charge in [0.15, 0.2) is 0 Å². The Bertz CT molecular complexity index is 924. The summed E-state index contributed by atoms with van der Waals surface area (Å²) < 4.78 is 0. The Balaban J connectivity index is 2.16. The lowest BCUT2D eigenvalue weighted by atomic mass is 10.1. The highest BCUT2D eigenvalue weighted by atomic mass is 35.5. The first-order valence-corrected chi connectivity index (χ1v) is 12.8. The lowest BCUT2D eigenvalue weighted by Crippen LogP contribution is -2.50. The highest BCUT2D eigenvalue weighted by molar-refractivity contribution is 7.99. The standard InChI is InChI=1S/C24H29Cl3N2O2S/c1-4-22(24(31)28-12-16(2)3)29(13-18-8-9-20(26)11-21(18)27)23(30)15-32-14-17-6-5-7-19(25)10-17/h5-11,16,22H,4,12-15H2,1-3H3,(H,28,31)/t22-/m1/s1. The molecule has 2 aromatic rings. The number of nitrogens with one attached hydrogen (secondary N) is 1. The molecular weight excluding hydrogens is 487 g/mol. The lowest BCUT2D eigenvalue weighted by Gasteiger charge is -2.31. The van der Waals surface area contributed by atoms with Crippen LogP contribution in [-0.2, 0) is 21.9 Å². The van der Waals surface area contributed by atoms with E-state index in [1.54, 1.807) is 23.1 Å². The van der Waals surface area contributed by atoms with Gasteiger partial charge in [0.2, 0.25) is 11.8 Å². The second-order valence-corrected chi connectivity index (χ2v) is 10.2. The molecule has 4 nitrogen and oxygen atoms in total. The first kappa shape index (κ1) is 26.8. The van der Waals surface area contributed by atoms with Gasteiger partial charge in [-0.05, 0) is 47.7 Å². The maximum Gasteiger partial charge on any atom is 0.242 e. The van der Waals surface area contributed by atoms with E-state index in [2.05, 4.69) is 5.32 Å². The SMILES string of the molecule is CC[C@H](C(=O)NCC(C)C)N(Cc1ccc(Cl)cc1Cl)C(=O)CSCc1cccc(Cl)c1. The number of nitrogens with zero attached hydrogens (tertiary/aromatic N) is 1. The maximum absolute atomic E-state index is 13.3. The van der Waals surface area contributed by atoms with Crippen LogP contribution < -0.4 is 5.32 Å². The quantitative estimate of drug-likeness (QED) is 0.373. The number of rotatable bonds is 11. The van der Waals surface area contributed by atoms with E-state index < -0.39 is 6.04 Å². The molecule has 0 bridgehead atoms. The summed E-state index contributed by atoms with van der Waals surface area (Å²) in [5.41, 5.74) is 1.80. The summed E-state index contributed by atoms with van der Waals surface area (Å²) >= 11 is 19.9. The van der Waals surface area contributed by atoms with E-state index in [1.807, 2.05) is 45.0 Å². The minimum absolute atomic E-state index is 0.116. The Morgan fingerprint density at radius 2 is 1.78 bits per heavy atom. The zero-order chi connectivity index (χ0) is 23.7. The summed E-state index contributed by atoms with van der Waals surface area (Å²) in [7, 11) is 0. The number of halogens is 3. The van der Waals surface area contributed by atoms with Gasteiger partial charge in [-0.3, -0.25) is 9.59 Å². The van der Waals surface area contributed by atoms with Crippen molar-refractivity contribution < 1.29 is 9.59 Å². The first-order valence-electron chi connectivity index (χ1n) is 10.5. The largest absolute Gasteiger partial charge is 0.354 e. The van der Waals surface area contributed by atoms with Gasteiger partial charge in [0.05, 0.1) is 5.75 Å². The molecule has 2 aromatic carbocycles. The average molecular weight is 516 g/mol. The Hall–Kier alpha value is -1.40. The van der Waals surface area contributed by atoms with Crippen LogP contribution in [-0.4, -0.2) is 35.1 Å². The van der Waals surface area contributed by atoms with Gasteiger partial charge in [0.1, 0.15) is 6.04 Å². The number of amides is 2. The molecule has 0 aliphatic carbocycles. The van der Waals surface area contributed by atoms with Crippen molar-refractivity contribution in [3.05, 3.63) is 68.7 Å². The van der Waals surface area contributed by atoms with E-state index in [0.29, 0.717) is 39.7 Å². The van der Waals surface area contributed by atoms with Crippen molar-refractivity contribution in [3.8, 4) is 0 Å². The van der Waals surface area contributed by atoms with Crippen LogP contribution >= 0.6 is 46.6 Å². The monoisotopic (exact) mass is 514 g/mol. The molecule has 0 fully saturated rings. The number of carbonyl (C=O) groups excluding carboxylic acids is 2. The van der Waals surface area contributed by atoms with Crippen LogP contribution in [0.2, 0.25) is 15.1 Å². The van der Waals surface area contributed by atoms with Crippen LogP contribution in [0.25, 0.3) is 0 Å². The lowest BCUT2D eigenvalue weighted by molar-refractivity contribution is -0.139. The summed E-state index contributed by atoms with van der Waals surface area (Å²) in [4.78, 5) is 27.8. The summed E-state index contributed by atoms with van der Waals surface area (Å²) in [5.74, 6) is 0.942. The Morgan fingerprint density at radius 1 is 1.06 bits per heavy atom. The molecule has 0 heterocycles. The third-order valence-corrected chi connectivity index (χ3v) is 6.62. The number of thioether (sulfide) groups is 1. The zero-order valence-electron chi connectivity index (χ0n) is 18.5. The van der Waals surface area contributed by atoms with Crippen molar-refractivity contribution in [2.24, 2.45) is 5.92 Å². The fraction of sp³-hybridized carbons (Fsp3) is 0.417. The molecule has 0 aliphatic heterocycles. The van der Waals surface area contributed by atoms with E-state index in [0.717, 1.165) is 11.1 Å². The molecule has 32 heavy (non-hydrogen) atoms. The van der Waals surface area contributed by atoms with Crippen LogP contribution in [0.1, 0.15) is 38.3 Å². The predicted molar refractivity (Wildman–Crippen MR) is 137 cm³/mol. The third kappa shape index (κ3) is 8.51. The molecule has 2 amide bonds. The molecule has 0 aromatic heterocycles. The molecule has 174 valence electrons. The van der Waals surface area contributed by atoms with Gasteiger partial charge < -0.3 is 10.2 Å². The summed E-state index contributed by atoms with van der Waals surface area (Å²) in [5, 5.41) is 4.62. The van der Waals surface area contributed by atoms with Gasteiger partial charge in [0, 0.05) is 33.9 Å². The molecule has 0 saturated heterocycles. The van der Waals surface area contributed by atoms with Gasteiger partial charge in [-0.1, -0.05) is 73.8 Å². The molecule has 2 rings (SSSR count). The van der Waals surface area contributed by atoms with E-state index in [1.165, 1.54) is 11.8 Å². The molecule has 0 unspecified atom stereocenters. The van der Waals surface area contributed by atoms with Gasteiger partial charge in [0.25, 0.3) is 0 Å². The first-order chi connectivity index (χ1) is 15.2. The van der Waals surface area contributed by atoms with Gasteiger partial charge >= 0.3 is 0 Å². The summed E-state index contributed by atoms with van der Waals surface area (Å²) in [6, 6.07) is 12.2. The molecule has 1 atom stereocenters. The number of carbonyl (C=O) groups is 2. The molecule has 0 spiro atoms. The van der Waals surface area contributed by atoms with Crippen LogP contribution in [0.4, 0.5) is 0 Å². The Morgan fingerprint density at radius 3 is 2.41 bits per heavy atom. The molecular formula is C24H29Cl3N2O2S. The van der Waals surface area contributed by atoms with Crippen LogP contribution in [0.15, 0.2) is 42.5 Å². The molecule has 0 radical (unpaired) electrons. The van der Waals surface area contributed by atoms with E-state index in [4.69, 9.17) is 34.8 Å². The van der Waals surface area contributed by atoms with Crippen LogP contribution in [0, 0.1) is 5.92 Å². The van der Waals surface area contributed by atoms with Crippen molar-refractivity contribution in [3.63, 3.8) is 0 Å². The molecule has 8 heteroatoms. The molecule has 1 N–H and O–H groups in total. The van der Waals surface area contributed by atoms with Crippen molar-refractivity contribution in [2.45, 2.75) is 45.5 Å². The average Bonchev–Trinajstić information content (AvgIpc) is 2.73. The highest BCUT2D eigenvalue weighted by Crippen LogP contribution is 2.25. The predicted octanol–water partition coefficient (Wildman–Crippen LogP) is 6.46. The third-order valence-electron chi connectivity index (χ3n) is 4.81. The van der Waals surface area contributed by atoms with Crippen LogP contribution in [0.3, 0.4) is 0 Å². The number of hydrogen-bond donors (Lipinski definition) is 1. The molecule has 0 aliphatic rings. The Kier molecular flexibility index (Phi) is 11.2. The van der Waals surface area contributed by atoms with E-state index >= 15 is 0 Å². The topological polar surface area (TPSA) is 49.4 Å². The van der Waals surface area contributed by atoms with Gasteiger partial charge in [-0.25, -0.2) is 0 Å². The second kappa shape index (κ2) is 13.3. The van der Waals surface area contributed by atoms with E-state index in [-0.39, 0.29) is 24.1 Å². The minimum atomic E-state index is -0.584. The fourth-order valence-corrected chi connectivity index (χ4v) is 4.68. The van der Waals surface area contributed by atoms with Crippen molar-refractivity contribution in [1.82, 2.24) is 10.2 Å².